The van der Waals surface area contributed by atoms with E-state index in [0.29, 0.717) is 0 Å². The van der Waals surface area contributed by atoms with E-state index < -0.39 is 0 Å². The third-order valence-corrected chi connectivity index (χ3v) is 3.12. The van der Waals surface area contributed by atoms with Gasteiger partial charge in [0.1, 0.15) is 17.2 Å². The summed E-state index contributed by atoms with van der Waals surface area (Å²) < 4.78 is 16.8. The molecule has 114 valence electrons. The second-order valence-corrected chi connectivity index (χ2v) is 4.96. The summed E-state index contributed by atoms with van der Waals surface area (Å²) in [5, 5.41) is 0. The first-order valence-corrected chi connectivity index (χ1v) is 7.74. The van der Waals surface area contributed by atoms with Gasteiger partial charge in [-0.05, 0) is 12.8 Å². The second-order valence-electron chi connectivity index (χ2n) is 4.96. The third kappa shape index (κ3) is 6.69. The predicted octanol–water partition coefficient (Wildman–Crippen LogP) is 4.83. The van der Waals surface area contributed by atoms with Gasteiger partial charge >= 0.3 is 0 Å². The van der Waals surface area contributed by atoms with Crippen LogP contribution in [0.1, 0.15) is 52.4 Å². The number of methoxy groups -OCH3 is 1. The highest BCUT2D eigenvalue weighted by atomic mass is 16.5. The molecule has 0 heterocycles. The summed E-state index contributed by atoms with van der Waals surface area (Å²) in [6.07, 6.45) is 6.97. The Balaban J connectivity index is 2.51. The fraction of sp³-hybridized carbons (Fsp3) is 0.647. The molecule has 1 rings (SSSR count). The summed E-state index contributed by atoms with van der Waals surface area (Å²) >= 11 is 0. The minimum absolute atomic E-state index is 0.746. The fourth-order valence-electron chi connectivity index (χ4n) is 1.91. The molecule has 0 aromatic heterocycles. The molecular weight excluding hydrogens is 252 g/mol. The highest BCUT2D eigenvalue weighted by Crippen LogP contribution is 2.28. The average molecular weight is 280 g/mol. The second kappa shape index (κ2) is 10.4. The van der Waals surface area contributed by atoms with Gasteiger partial charge in [-0.1, -0.05) is 39.5 Å². The zero-order chi connectivity index (χ0) is 14.6. The molecule has 0 saturated heterocycles. The Morgan fingerprint density at radius 3 is 1.55 bits per heavy atom. The summed E-state index contributed by atoms with van der Waals surface area (Å²) in [5.74, 6) is 2.43. The topological polar surface area (TPSA) is 27.7 Å². The molecule has 1 aromatic rings. The summed E-state index contributed by atoms with van der Waals surface area (Å²) in [7, 11) is 1.66. The van der Waals surface area contributed by atoms with Crippen molar-refractivity contribution < 1.29 is 14.2 Å². The van der Waals surface area contributed by atoms with Crippen LogP contribution in [0, 0.1) is 0 Å². The van der Waals surface area contributed by atoms with Crippen molar-refractivity contribution >= 4 is 0 Å². The van der Waals surface area contributed by atoms with E-state index in [-0.39, 0.29) is 0 Å². The molecule has 0 bridgehead atoms. The van der Waals surface area contributed by atoms with E-state index >= 15 is 0 Å². The van der Waals surface area contributed by atoms with Crippen molar-refractivity contribution in [1.29, 1.82) is 0 Å². The van der Waals surface area contributed by atoms with Crippen LogP contribution in [0.3, 0.4) is 0 Å². The summed E-state index contributed by atoms with van der Waals surface area (Å²) in [5.41, 5.74) is 0. The van der Waals surface area contributed by atoms with Crippen molar-refractivity contribution in [2.75, 3.05) is 20.3 Å². The highest BCUT2D eigenvalue weighted by Gasteiger charge is 2.04. The standard InChI is InChI=1S/C17H28O3/c1-4-6-8-10-19-16-12-15(18-3)13-17(14-16)20-11-9-7-5-2/h12-14H,4-11H2,1-3H3. The van der Waals surface area contributed by atoms with Gasteiger partial charge < -0.3 is 14.2 Å². The van der Waals surface area contributed by atoms with Crippen molar-refractivity contribution in [3.63, 3.8) is 0 Å². The van der Waals surface area contributed by atoms with E-state index in [2.05, 4.69) is 13.8 Å². The van der Waals surface area contributed by atoms with Gasteiger partial charge in [0.25, 0.3) is 0 Å². The van der Waals surface area contributed by atoms with E-state index in [0.717, 1.165) is 43.3 Å². The largest absolute Gasteiger partial charge is 0.496 e. The minimum atomic E-state index is 0.746. The van der Waals surface area contributed by atoms with Crippen LogP contribution in [-0.2, 0) is 0 Å². The first kappa shape index (κ1) is 16.7. The molecule has 0 spiro atoms. The molecule has 20 heavy (non-hydrogen) atoms. The Hall–Kier alpha value is -1.38. The Kier molecular flexibility index (Phi) is 8.68. The van der Waals surface area contributed by atoms with E-state index in [1.807, 2.05) is 18.2 Å². The molecule has 1 aromatic carbocycles. The lowest BCUT2D eigenvalue weighted by molar-refractivity contribution is 0.287. The summed E-state index contributed by atoms with van der Waals surface area (Å²) in [4.78, 5) is 0. The fourth-order valence-corrected chi connectivity index (χ4v) is 1.91. The molecule has 0 aliphatic rings. The smallest absolute Gasteiger partial charge is 0.126 e. The number of rotatable bonds is 11. The van der Waals surface area contributed by atoms with Gasteiger partial charge in [0, 0.05) is 18.2 Å². The van der Waals surface area contributed by atoms with Crippen LogP contribution in [0.25, 0.3) is 0 Å². The zero-order valence-corrected chi connectivity index (χ0v) is 13.1. The van der Waals surface area contributed by atoms with Crippen LogP contribution in [0.15, 0.2) is 18.2 Å². The molecule has 0 amide bonds. The molecule has 0 unspecified atom stereocenters. The van der Waals surface area contributed by atoms with Crippen LogP contribution in [0.2, 0.25) is 0 Å². The van der Waals surface area contributed by atoms with E-state index in [9.17, 15) is 0 Å². The van der Waals surface area contributed by atoms with Crippen LogP contribution in [0.5, 0.6) is 17.2 Å². The molecule has 0 radical (unpaired) electrons. The Morgan fingerprint density at radius 2 is 1.15 bits per heavy atom. The summed E-state index contributed by atoms with van der Waals surface area (Å²) in [6.45, 7) is 5.87. The van der Waals surface area contributed by atoms with Gasteiger partial charge in [0.15, 0.2) is 0 Å². The normalized spacial score (nSPS) is 10.3. The van der Waals surface area contributed by atoms with Crippen molar-refractivity contribution in [3.05, 3.63) is 18.2 Å². The molecule has 0 aliphatic heterocycles. The number of ether oxygens (including phenoxy) is 3. The first-order valence-electron chi connectivity index (χ1n) is 7.74. The molecule has 0 fully saturated rings. The lowest BCUT2D eigenvalue weighted by Gasteiger charge is -2.11. The summed E-state index contributed by atoms with van der Waals surface area (Å²) in [6, 6.07) is 5.76. The Morgan fingerprint density at radius 1 is 0.700 bits per heavy atom. The molecule has 0 saturated carbocycles. The lowest BCUT2D eigenvalue weighted by atomic mass is 10.2. The highest BCUT2D eigenvalue weighted by molar-refractivity contribution is 5.42. The van der Waals surface area contributed by atoms with Crippen molar-refractivity contribution in [2.45, 2.75) is 52.4 Å². The molecular formula is C17H28O3. The predicted molar refractivity (Wildman–Crippen MR) is 83.0 cm³/mol. The molecule has 3 heteroatoms. The van der Waals surface area contributed by atoms with Crippen molar-refractivity contribution in [1.82, 2.24) is 0 Å². The maximum Gasteiger partial charge on any atom is 0.126 e. The molecule has 0 atom stereocenters. The van der Waals surface area contributed by atoms with Gasteiger partial charge in [0.2, 0.25) is 0 Å². The number of unbranched alkanes of at least 4 members (excludes halogenated alkanes) is 4. The van der Waals surface area contributed by atoms with Gasteiger partial charge in [-0.15, -0.1) is 0 Å². The minimum Gasteiger partial charge on any atom is -0.496 e. The number of hydrogen-bond acceptors (Lipinski definition) is 3. The van der Waals surface area contributed by atoms with Crippen LogP contribution < -0.4 is 14.2 Å². The molecule has 0 aliphatic carbocycles. The number of benzene rings is 1. The lowest BCUT2D eigenvalue weighted by Crippen LogP contribution is -2.00. The van der Waals surface area contributed by atoms with E-state index in [1.165, 1.54) is 25.7 Å². The van der Waals surface area contributed by atoms with Crippen LogP contribution in [0.4, 0.5) is 0 Å². The van der Waals surface area contributed by atoms with Gasteiger partial charge in [0.05, 0.1) is 20.3 Å². The third-order valence-electron chi connectivity index (χ3n) is 3.12. The Bertz CT molecular complexity index is 333. The van der Waals surface area contributed by atoms with Gasteiger partial charge in [-0.25, -0.2) is 0 Å². The van der Waals surface area contributed by atoms with E-state index in [1.54, 1.807) is 7.11 Å². The Labute approximate surface area is 123 Å². The monoisotopic (exact) mass is 280 g/mol. The quantitative estimate of drug-likeness (QED) is 0.543. The maximum atomic E-state index is 5.76. The average Bonchev–Trinajstić information content (AvgIpc) is 2.48. The van der Waals surface area contributed by atoms with Crippen LogP contribution >= 0.6 is 0 Å². The number of hydrogen-bond donors (Lipinski definition) is 0. The molecule has 0 N–H and O–H groups in total. The van der Waals surface area contributed by atoms with E-state index in [4.69, 9.17) is 14.2 Å². The first-order chi connectivity index (χ1) is 9.80. The maximum absolute atomic E-state index is 5.76. The zero-order valence-electron chi connectivity index (χ0n) is 13.1. The van der Waals surface area contributed by atoms with Crippen molar-refractivity contribution in [2.24, 2.45) is 0 Å². The van der Waals surface area contributed by atoms with Gasteiger partial charge in [-0.2, -0.15) is 0 Å². The van der Waals surface area contributed by atoms with Crippen molar-refractivity contribution in [3.8, 4) is 17.2 Å². The SMILES string of the molecule is CCCCCOc1cc(OC)cc(OCCCCC)c1. The van der Waals surface area contributed by atoms with Gasteiger partial charge in [-0.3, -0.25) is 0 Å². The molecule has 3 nitrogen and oxygen atoms in total. The van der Waals surface area contributed by atoms with Crippen LogP contribution in [-0.4, -0.2) is 20.3 Å².